The first-order valence-corrected chi connectivity index (χ1v) is 8.55. The molecule has 3 amide bonds. The molecule has 2 aromatic rings. The standard InChI is InChI=1S/C19H16F3N3O3/c20-19(21,22)12-6-7-15-13(8-12)25-14(9-24(18(25)27)10-16(23)26)17(28-15)11-4-2-1-3-5-11/h1-8,14,17H,9-10H2,(H2,23,26). The summed E-state index contributed by atoms with van der Waals surface area (Å²) < 4.78 is 45.5. The van der Waals surface area contributed by atoms with E-state index in [1.165, 1.54) is 15.9 Å². The van der Waals surface area contributed by atoms with Crippen molar-refractivity contribution < 1.29 is 27.5 Å². The van der Waals surface area contributed by atoms with E-state index in [1.54, 1.807) is 0 Å². The van der Waals surface area contributed by atoms with Gasteiger partial charge in [-0.3, -0.25) is 9.69 Å². The molecule has 28 heavy (non-hydrogen) atoms. The number of fused-ring (bicyclic) bond motifs is 3. The van der Waals surface area contributed by atoms with Crippen LogP contribution in [0.2, 0.25) is 0 Å². The summed E-state index contributed by atoms with van der Waals surface area (Å²) in [6, 6.07) is 10.9. The Morgan fingerprint density at radius 3 is 2.54 bits per heavy atom. The number of rotatable bonds is 3. The third kappa shape index (κ3) is 3.02. The molecule has 2 aliphatic heterocycles. The van der Waals surface area contributed by atoms with Gasteiger partial charge in [-0.1, -0.05) is 30.3 Å². The summed E-state index contributed by atoms with van der Waals surface area (Å²) in [4.78, 5) is 26.7. The molecular weight excluding hydrogens is 375 g/mol. The second kappa shape index (κ2) is 6.43. The number of urea groups is 1. The van der Waals surface area contributed by atoms with E-state index in [1.807, 2.05) is 30.3 Å². The van der Waals surface area contributed by atoms with E-state index < -0.39 is 35.8 Å². The maximum Gasteiger partial charge on any atom is 0.416 e. The molecule has 2 atom stereocenters. The average Bonchev–Trinajstić information content (AvgIpc) is 2.96. The van der Waals surface area contributed by atoms with Crippen molar-refractivity contribution in [3.05, 3.63) is 59.7 Å². The van der Waals surface area contributed by atoms with Crippen molar-refractivity contribution in [1.29, 1.82) is 0 Å². The molecule has 1 fully saturated rings. The van der Waals surface area contributed by atoms with Gasteiger partial charge in [0.1, 0.15) is 18.4 Å². The van der Waals surface area contributed by atoms with Crippen LogP contribution < -0.4 is 15.4 Å². The molecule has 4 rings (SSSR count). The number of nitrogens with zero attached hydrogens (tertiary/aromatic N) is 2. The number of primary amides is 1. The highest BCUT2D eigenvalue weighted by Gasteiger charge is 2.48. The highest BCUT2D eigenvalue weighted by atomic mass is 19.4. The minimum atomic E-state index is -4.56. The predicted molar refractivity (Wildman–Crippen MR) is 93.7 cm³/mol. The van der Waals surface area contributed by atoms with E-state index >= 15 is 0 Å². The Balaban J connectivity index is 1.81. The van der Waals surface area contributed by atoms with Crippen molar-refractivity contribution in [3.8, 4) is 5.75 Å². The Bertz CT molecular complexity index is 933. The average molecular weight is 391 g/mol. The monoisotopic (exact) mass is 391 g/mol. The fraction of sp³-hybridized carbons (Fsp3) is 0.263. The molecule has 2 heterocycles. The quantitative estimate of drug-likeness (QED) is 0.874. The molecule has 0 radical (unpaired) electrons. The molecule has 2 aliphatic rings. The molecule has 0 aromatic heterocycles. The Morgan fingerprint density at radius 2 is 1.89 bits per heavy atom. The molecule has 2 unspecified atom stereocenters. The van der Waals surface area contributed by atoms with Crippen LogP contribution in [0.25, 0.3) is 0 Å². The maximum absolute atomic E-state index is 13.2. The molecular formula is C19H16F3N3O3. The second-order valence-corrected chi connectivity index (χ2v) is 6.70. The molecule has 2 aromatic carbocycles. The van der Waals surface area contributed by atoms with E-state index in [0.717, 1.165) is 17.7 Å². The maximum atomic E-state index is 13.2. The summed E-state index contributed by atoms with van der Waals surface area (Å²) in [6.07, 6.45) is -5.15. The molecule has 1 saturated heterocycles. The minimum Gasteiger partial charge on any atom is -0.481 e. The molecule has 146 valence electrons. The van der Waals surface area contributed by atoms with E-state index in [0.29, 0.717) is 0 Å². The first-order valence-electron chi connectivity index (χ1n) is 8.55. The van der Waals surface area contributed by atoms with Crippen LogP contribution in [0.3, 0.4) is 0 Å². The first-order chi connectivity index (χ1) is 13.3. The predicted octanol–water partition coefficient (Wildman–Crippen LogP) is 2.94. The fourth-order valence-electron chi connectivity index (χ4n) is 3.64. The lowest BCUT2D eigenvalue weighted by atomic mass is 9.98. The SMILES string of the molecule is NC(=O)CN1CC2C(c3ccccc3)Oc3ccc(C(F)(F)F)cc3N2C1=O. The van der Waals surface area contributed by atoms with Gasteiger partial charge in [0.15, 0.2) is 0 Å². The minimum absolute atomic E-state index is 0.0315. The van der Waals surface area contributed by atoms with Crippen molar-refractivity contribution in [2.45, 2.75) is 18.3 Å². The van der Waals surface area contributed by atoms with Crippen LogP contribution in [0.5, 0.6) is 5.75 Å². The topological polar surface area (TPSA) is 75.9 Å². The van der Waals surface area contributed by atoms with Gasteiger partial charge in [-0.2, -0.15) is 13.2 Å². The van der Waals surface area contributed by atoms with Crippen LogP contribution in [0.15, 0.2) is 48.5 Å². The highest BCUT2D eigenvalue weighted by molar-refractivity contribution is 5.99. The number of anilines is 1. The van der Waals surface area contributed by atoms with Crippen molar-refractivity contribution in [2.75, 3.05) is 18.0 Å². The van der Waals surface area contributed by atoms with E-state index in [4.69, 9.17) is 10.5 Å². The van der Waals surface area contributed by atoms with Crippen molar-refractivity contribution >= 4 is 17.6 Å². The number of hydrogen-bond donors (Lipinski definition) is 1. The zero-order valence-corrected chi connectivity index (χ0v) is 14.5. The molecule has 6 nitrogen and oxygen atoms in total. The van der Waals surface area contributed by atoms with Crippen molar-refractivity contribution in [1.82, 2.24) is 4.90 Å². The van der Waals surface area contributed by atoms with E-state index in [2.05, 4.69) is 0 Å². The van der Waals surface area contributed by atoms with Gasteiger partial charge in [-0.05, 0) is 23.8 Å². The number of ether oxygens (including phenoxy) is 1. The van der Waals surface area contributed by atoms with E-state index in [-0.39, 0.29) is 24.5 Å². The van der Waals surface area contributed by atoms with Gasteiger partial charge in [0, 0.05) is 6.54 Å². The zero-order valence-electron chi connectivity index (χ0n) is 14.5. The van der Waals surface area contributed by atoms with Crippen LogP contribution in [0, 0.1) is 0 Å². The van der Waals surface area contributed by atoms with Crippen LogP contribution in [-0.2, 0) is 11.0 Å². The number of carbonyl (C=O) groups is 2. The van der Waals surface area contributed by atoms with Gasteiger partial charge in [0.25, 0.3) is 0 Å². The van der Waals surface area contributed by atoms with Gasteiger partial charge in [0.2, 0.25) is 5.91 Å². The summed E-state index contributed by atoms with van der Waals surface area (Å²) in [5, 5.41) is 0. The number of hydrogen-bond acceptors (Lipinski definition) is 3. The number of amides is 3. The smallest absolute Gasteiger partial charge is 0.416 e. The summed E-state index contributed by atoms with van der Waals surface area (Å²) >= 11 is 0. The third-order valence-electron chi connectivity index (χ3n) is 4.84. The Kier molecular flexibility index (Phi) is 4.17. The Labute approximate surface area is 158 Å². The van der Waals surface area contributed by atoms with Crippen molar-refractivity contribution in [2.24, 2.45) is 5.73 Å². The van der Waals surface area contributed by atoms with Gasteiger partial charge in [-0.25, -0.2) is 4.79 Å². The molecule has 0 saturated carbocycles. The van der Waals surface area contributed by atoms with Crippen LogP contribution in [0.4, 0.5) is 23.7 Å². The molecule has 9 heteroatoms. The summed E-state index contributed by atoms with van der Waals surface area (Å²) in [6.45, 7) is -0.210. The number of halogens is 3. The number of carbonyl (C=O) groups excluding carboxylic acids is 2. The lowest BCUT2D eigenvalue weighted by molar-refractivity contribution is -0.137. The lowest BCUT2D eigenvalue weighted by Gasteiger charge is -2.37. The van der Waals surface area contributed by atoms with Gasteiger partial charge in [0.05, 0.1) is 17.3 Å². The van der Waals surface area contributed by atoms with Crippen LogP contribution in [0.1, 0.15) is 17.2 Å². The molecule has 0 spiro atoms. The van der Waals surface area contributed by atoms with Crippen LogP contribution >= 0.6 is 0 Å². The fourth-order valence-corrected chi connectivity index (χ4v) is 3.64. The normalized spacial score (nSPS) is 21.2. The summed E-state index contributed by atoms with van der Waals surface area (Å²) in [7, 11) is 0. The number of nitrogens with two attached hydrogens (primary N) is 1. The van der Waals surface area contributed by atoms with Gasteiger partial charge in [-0.15, -0.1) is 0 Å². The van der Waals surface area contributed by atoms with E-state index in [9.17, 15) is 22.8 Å². The summed E-state index contributed by atoms with van der Waals surface area (Å²) in [5.41, 5.74) is 5.14. The first kappa shape index (κ1) is 18.1. The largest absolute Gasteiger partial charge is 0.481 e. The molecule has 0 aliphatic carbocycles. The van der Waals surface area contributed by atoms with Gasteiger partial charge < -0.3 is 15.4 Å². The second-order valence-electron chi connectivity index (χ2n) is 6.70. The Hall–Kier alpha value is -3.23. The Morgan fingerprint density at radius 1 is 1.18 bits per heavy atom. The zero-order chi connectivity index (χ0) is 20.1. The number of benzene rings is 2. The van der Waals surface area contributed by atoms with Crippen LogP contribution in [-0.4, -0.2) is 36.0 Å². The summed E-state index contributed by atoms with van der Waals surface area (Å²) in [5.74, 6) is -0.526. The van der Waals surface area contributed by atoms with Crippen molar-refractivity contribution in [3.63, 3.8) is 0 Å². The molecule has 2 N–H and O–H groups in total. The highest BCUT2D eigenvalue weighted by Crippen LogP contribution is 2.46. The number of alkyl halides is 3. The lowest BCUT2D eigenvalue weighted by Crippen LogP contribution is -2.44. The third-order valence-corrected chi connectivity index (χ3v) is 4.84. The molecule has 0 bridgehead atoms. The van der Waals surface area contributed by atoms with Gasteiger partial charge >= 0.3 is 12.2 Å².